The number of hydrogen-bond acceptors (Lipinski definition) is 2. The molecule has 18 heavy (non-hydrogen) atoms. The summed E-state index contributed by atoms with van der Waals surface area (Å²) in [7, 11) is 1.65. The highest BCUT2D eigenvalue weighted by molar-refractivity contribution is 6.30. The van der Waals surface area contributed by atoms with E-state index in [0.29, 0.717) is 5.02 Å². The average molecular weight is 259 g/mol. The smallest absolute Gasteiger partial charge is 0.199 e. The fourth-order valence-corrected chi connectivity index (χ4v) is 2.20. The van der Waals surface area contributed by atoms with Crippen LogP contribution in [0.2, 0.25) is 5.02 Å². The molecular formula is C14H11ClN2O. The zero-order valence-corrected chi connectivity index (χ0v) is 10.6. The minimum atomic E-state index is 0.694. The van der Waals surface area contributed by atoms with E-state index in [-0.39, 0.29) is 0 Å². The first kappa shape index (κ1) is 11.1. The molecule has 0 amide bonds. The number of ether oxygens (including phenoxy) is 1. The molecule has 3 nitrogen and oxygen atoms in total. The van der Waals surface area contributed by atoms with Crippen molar-refractivity contribution in [3.8, 4) is 17.3 Å². The highest BCUT2D eigenvalue weighted by atomic mass is 35.5. The van der Waals surface area contributed by atoms with Crippen LogP contribution in [0.5, 0.6) is 5.88 Å². The van der Waals surface area contributed by atoms with Gasteiger partial charge in [0.2, 0.25) is 0 Å². The van der Waals surface area contributed by atoms with Gasteiger partial charge < -0.3 is 4.74 Å². The van der Waals surface area contributed by atoms with Crippen LogP contribution in [-0.4, -0.2) is 16.5 Å². The van der Waals surface area contributed by atoms with Crippen LogP contribution in [0.25, 0.3) is 16.9 Å². The van der Waals surface area contributed by atoms with Crippen molar-refractivity contribution in [1.82, 2.24) is 9.38 Å². The van der Waals surface area contributed by atoms with E-state index >= 15 is 0 Å². The molecule has 2 aromatic heterocycles. The minimum absolute atomic E-state index is 0.694. The van der Waals surface area contributed by atoms with Crippen LogP contribution >= 0.6 is 11.6 Å². The summed E-state index contributed by atoms with van der Waals surface area (Å²) < 4.78 is 7.33. The van der Waals surface area contributed by atoms with Gasteiger partial charge in [-0.1, -0.05) is 29.8 Å². The molecule has 0 N–H and O–H groups in total. The van der Waals surface area contributed by atoms with Crippen molar-refractivity contribution in [2.24, 2.45) is 0 Å². The molecular weight excluding hydrogens is 248 g/mol. The monoisotopic (exact) mass is 258 g/mol. The number of methoxy groups -OCH3 is 1. The molecule has 0 saturated carbocycles. The number of pyridine rings is 1. The molecule has 0 unspecified atom stereocenters. The van der Waals surface area contributed by atoms with Crippen molar-refractivity contribution in [3.63, 3.8) is 0 Å². The van der Waals surface area contributed by atoms with Crippen LogP contribution in [0.15, 0.2) is 48.7 Å². The number of nitrogens with zero attached hydrogens (tertiary/aromatic N) is 2. The van der Waals surface area contributed by atoms with Crippen LogP contribution in [0.1, 0.15) is 0 Å². The molecule has 0 saturated heterocycles. The maximum atomic E-state index is 6.02. The summed E-state index contributed by atoms with van der Waals surface area (Å²) in [6.45, 7) is 0. The SMILES string of the molecule is COc1cccc2cnc(-c3cccc(Cl)c3)n12. The molecule has 0 aliphatic carbocycles. The average Bonchev–Trinajstić information content (AvgIpc) is 2.82. The predicted octanol–water partition coefficient (Wildman–Crippen LogP) is 3.66. The maximum absolute atomic E-state index is 6.02. The Morgan fingerprint density at radius 3 is 2.78 bits per heavy atom. The normalized spacial score (nSPS) is 10.8. The standard InChI is InChI=1S/C14H11ClN2O/c1-18-13-7-3-6-12-9-16-14(17(12)13)10-4-2-5-11(15)8-10/h2-9H,1H3. The van der Waals surface area contributed by atoms with E-state index in [2.05, 4.69) is 4.98 Å². The van der Waals surface area contributed by atoms with Crippen molar-refractivity contribution in [2.45, 2.75) is 0 Å². The van der Waals surface area contributed by atoms with Crippen LogP contribution < -0.4 is 4.74 Å². The van der Waals surface area contributed by atoms with Gasteiger partial charge in [-0.2, -0.15) is 0 Å². The quantitative estimate of drug-likeness (QED) is 0.701. The lowest BCUT2D eigenvalue weighted by Gasteiger charge is -2.07. The molecule has 0 fully saturated rings. The number of halogens is 1. The number of imidazole rings is 1. The van der Waals surface area contributed by atoms with Gasteiger partial charge in [0.1, 0.15) is 5.82 Å². The molecule has 2 heterocycles. The molecule has 3 rings (SSSR count). The molecule has 0 atom stereocenters. The first-order valence-electron chi connectivity index (χ1n) is 5.56. The van der Waals surface area contributed by atoms with Gasteiger partial charge in [0.05, 0.1) is 18.8 Å². The number of fused-ring (bicyclic) bond motifs is 1. The zero-order valence-electron chi connectivity index (χ0n) is 9.80. The van der Waals surface area contributed by atoms with Crippen molar-refractivity contribution in [1.29, 1.82) is 0 Å². The van der Waals surface area contributed by atoms with E-state index in [9.17, 15) is 0 Å². The highest BCUT2D eigenvalue weighted by Gasteiger charge is 2.10. The van der Waals surface area contributed by atoms with Crippen LogP contribution in [0.4, 0.5) is 0 Å². The molecule has 0 aliphatic heterocycles. The second-order valence-electron chi connectivity index (χ2n) is 3.92. The summed E-state index contributed by atoms with van der Waals surface area (Å²) in [5.41, 5.74) is 1.95. The van der Waals surface area contributed by atoms with Crippen molar-refractivity contribution < 1.29 is 4.74 Å². The van der Waals surface area contributed by atoms with Crippen LogP contribution in [0.3, 0.4) is 0 Å². The van der Waals surface area contributed by atoms with Crippen molar-refractivity contribution >= 4 is 17.1 Å². The Kier molecular flexibility index (Phi) is 2.68. The van der Waals surface area contributed by atoms with Gasteiger partial charge in [-0.25, -0.2) is 4.98 Å². The number of benzene rings is 1. The highest BCUT2D eigenvalue weighted by Crippen LogP contribution is 2.26. The van der Waals surface area contributed by atoms with Crippen molar-refractivity contribution in [3.05, 3.63) is 53.7 Å². The van der Waals surface area contributed by atoms with Gasteiger partial charge in [-0.15, -0.1) is 0 Å². The molecule has 0 radical (unpaired) electrons. The van der Waals surface area contributed by atoms with E-state index < -0.39 is 0 Å². The Hall–Kier alpha value is -2.00. The van der Waals surface area contributed by atoms with E-state index in [1.54, 1.807) is 7.11 Å². The lowest BCUT2D eigenvalue weighted by atomic mass is 10.2. The molecule has 0 spiro atoms. The minimum Gasteiger partial charge on any atom is -0.482 e. The molecule has 90 valence electrons. The van der Waals surface area contributed by atoms with E-state index in [0.717, 1.165) is 22.8 Å². The van der Waals surface area contributed by atoms with Gasteiger partial charge in [-0.05, 0) is 24.3 Å². The number of aromatic nitrogens is 2. The summed E-state index contributed by atoms with van der Waals surface area (Å²) in [6, 6.07) is 13.5. The third-order valence-corrected chi connectivity index (χ3v) is 3.04. The Labute approximate surface area is 110 Å². The summed E-state index contributed by atoms with van der Waals surface area (Å²) in [5, 5.41) is 0.694. The van der Waals surface area contributed by atoms with Crippen molar-refractivity contribution in [2.75, 3.05) is 7.11 Å². The summed E-state index contributed by atoms with van der Waals surface area (Å²) >= 11 is 6.02. The first-order valence-corrected chi connectivity index (χ1v) is 5.94. The largest absolute Gasteiger partial charge is 0.482 e. The molecule has 4 heteroatoms. The Balaban J connectivity index is 2.30. The lowest BCUT2D eigenvalue weighted by molar-refractivity contribution is 0.393. The van der Waals surface area contributed by atoms with E-state index in [4.69, 9.17) is 16.3 Å². The lowest BCUT2D eigenvalue weighted by Crippen LogP contribution is -1.95. The van der Waals surface area contributed by atoms with Crippen LogP contribution in [0, 0.1) is 0 Å². The fraction of sp³-hybridized carbons (Fsp3) is 0.0714. The third-order valence-electron chi connectivity index (χ3n) is 2.81. The third kappa shape index (κ3) is 1.73. The van der Waals surface area contributed by atoms with Crippen LogP contribution in [-0.2, 0) is 0 Å². The van der Waals surface area contributed by atoms with Gasteiger partial charge in [-0.3, -0.25) is 4.40 Å². The Morgan fingerprint density at radius 2 is 2.00 bits per heavy atom. The van der Waals surface area contributed by atoms with Gasteiger partial charge >= 0.3 is 0 Å². The van der Waals surface area contributed by atoms with Gasteiger partial charge in [0, 0.05) is 10.6 Å². The summed E-state index contributed by atoms with van der Waals surface area (Å²) in [6.07, 6.45) is 1.82. The van der Waals surface area contributed by atoms with E-state index in [1.807, 2.05) is 53.1 Å². The fourth-order valence-electron chi connectivity index (χ4n) is 2.01. The Morgan fingerprint density at radius 1 is 1.17 bits per heavy atom. The van der Waals surface area contributed by atoms with E-state index in [1.165, 1.54) is 0 Å². The molecule has 0 aliphatic rings. The summed E-state index contributed by atoms with van der Waals surface area (Å²) in [4.78, 5) is 4.44. The second kappa shape index (κ2) is 4.35. The van der Waals surface area contributed by atoms with Gasteiger partial charge in [0.25, 0.3) is 0 Å². The molecule has 0 bridgehead atoms. The number of rotatable bonds is 2. The predicted molar refractivity (Wildman–Crippen MR) is 72.2 cm³/mol. The Bertz CT molecular complexity index is 706. The maximum Gasteiger partial charge on any atom is 0.199 e. The topological polar surface area (TPSA) is 26.5 Å². The zero-order chi connectivity index (χ0) is 12.5. The molecule has 1 aromatic carbocycles. The molecule has 3 aromatic rings. The summed E-state index contributed by atoms with van der Waals surface area (Å²) in [5.74, 6) is 1.57. The first-order chi connectivity index (χ1) is 8.79. The second-order valence-corrected chi connectivity index (χ2v) is 4.36. The number of hydrogen-bond donors (Lipinski definition) is 0. The van der Waals surface area contributed by atoms with Gasteiger partial charge in [0.15, 0.2) is 5.88 Å².